The Labute approximate surface area is 139 Å². The molecule has 0 radical (unpaired) electrons. The number of amides is 2. The minimum Gasteiger partial charge on any atom is -0.317 e. The van der Waals surface area contributed by atoms with Crippen molar-refractivity contribution in [1.82, 2.24) is 4.90 Å². The Balaban J connectivity index is 1.80. The number of rotatable bonds is 2. The Kier molecular flexibility index (Phi) is 5.01. The lowest BCUT2D eigenvalue weighted by Gasteiger charge is -2.29. The van der Waals surface area contributed by atoms with Gasteiger partial charge >= 0.3 is 6.03 Å². The van der Waals surface area contributed by atoms with E-state index < -0.39 is 0 Å². The van der Waals surface area contributed by atoms with Crippen LogP contribution in [0.15, 0.2) is 41.8 Å². The lowest BCUT2D eigenvalue weighted by molar-refractivity contribution is 0.190. The molecule has 0 spiro atoms. The first-order chi connectivity index (χ1) is 10.8. The van der Waals surface area contributed by atoms with Crippen molar-refractivity contribution in [3.8, 4) is 0 Å². The van der Waals surface area contributed by atoms with Crippen molar-refractivity contribution in [2.75, 3.05) is 11.9 Å². The summed E-state index contributed by atoms with van der Waals surface area (Å²) in [7, 11) is 0. The van der Waals surface area contributed by atoms with Gasteiger partial charge in [-0.05, 0) is 36.4 Å². The Morgan fingerprint density at radius 2 is 2.05 bits per heavy atom. The zero-order valence-electron chi connectivity index (χ0n) is 12.3. The number of thiophene rings is 1. The van der Waals surface area contributed by atoms with Gasteiger partial charge in [0.2, 0.25) is 0 Å². The quantitative estimate of drug-likeness (QED) is 0.767. The molecule has 3 nitrogen and oxygen atoms in total. The van der Waals surface area contributed by atoms with Crippen LogP contribution in [0.1, 0.15) is 36.6 Å². The summed E-state index contributed by atoms with van der Waals surface area (Å²) >= 11 is 7.87. The second-order valence-electron chi connectivity index (χ2n) is 5.48. The first kappa shape index (κ1) is 15.4. The molecule has 1 atom stereocenters. The smallest absolute Gasteiger partial charge is 0.317 e. The molecule has 2 heterocycles. The summed E-state index contributed by atoms with van der Waals surface area (Å²) in [6, 6.07) is 11.6. The van der Waals surface area contributed by atoms with Crippen LogP contribution in [-0.4, -0.2) is 17.5 Å². The molecule has 1 fully saturated rings. The molecule has 2 amide bonds. The highest BCUT2D eigenvalue weighted by atomic mass is 35.5. The van der Waals surface area contributed by atoms with Gasteiger partial charge in [0, 0.05) is 11.4 Å². The molecule has 1 aliphatic heterocycles. The fraction of sp³-hybridized carbons (Fsp3) is 0.353. The molecule has 5 heteroatoms. The number of hydrogen-bond acceptors (Lipinski definition) is 2. The number of hydrogen-bond donors (Lipinski definition) is 1. The third-order valence-corrected chi connectivity index (χ3v) is 5.30. The van der Waals surface area contributed by atoms with Gasteiger partial charge in [-0.2, -0.15) is 0 Å². The molecule has 1 saturated heterocycles. The van der Waals surface area contributed by atoms with Gasteiger partial charge in [0.25, 0.3) is 0 Å². The van der Waals surface area contributed by atoms with Gasteiger partial charge in [-0.15, -0.1) is 11.3 Å². The van der Waals surface area contributed by atoms with Crippen molar-refractivity contribution in [2.24, 2.45) is 0 Å². The van der Waals surface area contributed by atoms with E-state index >= 15 is 0 Å². The standard InChI is InChI=1S/C17H19ClN2OS/c18-13-7-3-4-8-14(13)19-17(21)20-11-5-1-2-9-15(20)16-10-6-12-22-16/h3-4,6-8,10,12,15H,1-2,5,9,11H2,(H,19,21). The van der Waals surface area contributed by atoms with E-state index in [1.165, 1.54) is 17.7 Å². The van der Waals surface area contributed by atoms with Crippen LogP contribution in [0.3, 0.4) is 0 Å². The van der Waals surface area contributed by atoms with E-state index in [-0.39, 0.29) is 12.1 Å². The molecule has 0 saturated carbocycles. The summed E-state index contributed by atoms with van der Waals surface area (Å²) in [6.45, 7) is 0.791. The molecule has 1 aromatic heterocycles. The Morgan fingerprint density at radius 1 is 1.18 bits per heavy atom. The zero-order chi connectivity index (χ0) is 15.4. The number of nitrogens with zero attached hydrogens (tertiary/aromatic N) is 1. The average Bonchev–Trinajstić information content (AvgIpc) is 2.94. The molecule has 116 valence electrons. The third kappa shape index (κ3) is 3.45. The topological polar surface area (TPSA) is 32.3 Å². The van der Waals surface area contributed by atoms with E-state index in [0.29, 0.717) is 10.7 Å². The van der Waals surface area contributed by atoms with Crippen LogP contribution < -0.4 is 5.32 Å². The van der Waals surface area contributed by atoms with Crippen LogP contribution >= 0.6 is 22.9 Å². The minimum absolute atomic E-state index is 0.0617. The van der Waals surface area contributed by atoms with Crippen molar-refractivity contribution in [2.45, 2.75) is 31.7 Å². The number of benzene rings is 1. The van der Waals surface area contributed by atoms with Crippen molar-refractivity contribution in [3.05, 3.63) is 51.7 Å². The van der Waals surface area contributed by atoms with E-state index in [0.717, 1.165) is 19.4 Å². The van der Waals surface area contributed by atoms with Gasteiger partial charge in [0.1, 0.15) is 0 Å². The lowest BCUT2D eigenvalue weighted by atomic mass is 10.1. The molecule has 22 heavy (non-hydrogen) atoms. The second-order valence-corrected chi connectivity index (χ2v) is 6.87. The molecule has 0 aliphatic carbocycles. The summed E-state index contributed by atoms with van der Waals surface area (Å²) in [5, 5.41) is 5.60. The van der Waals surface area contributed by atoms with Gasteiger partial charge in [0.15, 0.2) is 0 Å². The fourth-order valence-corrected chi connectivity index (χ4v) is 3.93. The number of carbonyl (C=O) groups excluding carboxylic acids is 1. The van der Waals surface area contributed by atoms with Crippen LogP contribution in [0, 0.1) is 0 Å². The zero-order valence-corrected chi connectivity index (χ0v) is 13.9. The minimum atomic E-state index is -0.0617. The predicted octanol–water partition coefficient (Wildman–Crippen LogP) is 5.55. The van der Waals surface area contributed by atoms with Crippen molar-refractivity contribution in [3.63, 3.8) is 0 Å². The molecule has 3 rings (SSSR count). The maximum Gasteiger partial charge on any atom is 0.322 e. The summed E-state index contributed by atoms with van der Waals surface area (Å²) in [5.74, 6) is 0. The molecular formula is C17H19ClN2OS. The Hall–Kier alpha value is -1.52. The van der Waals surface area contributed by atoms with Gasteiger partial charge in [-0.1, -0.05) is 42.6 Å². The monoisotopic (exact) mass is 334 g/mol. The Morgan fingerprint density at radius 3 is 2.82 bits per heavy atom. The molecule has 1 unspecified atom stereocenters. The molecule has 1 aliphatic rings. The van der Waals surface area contributed by atoms with Crippen LogP contribution in [0.2, 0.25) is 5.02 Å². The van der Waals surface area contributed by atoms with E-state index in [2.05, 4.69) is 22.8 Å². The van der Waals surface area contributed by atoms with E-state index in [4.69, 9.17) is 11.6 Å². The van der Waals surface area contributed by atoms with Crippen LogP contribution in [0.25, 0.3) is 0 Å². The first-order valence-electron chi connectivity index (χ1n) is 7.61. The number of nitrogens with one attached hydrogen (secondary N) is 1. The average molecular weight is 335 g/mol. The highest BCUT2D eigenvalue weighted by Crippen LogP contribution is 2.33. The maximum atomic E-state index is 12.7. The lowest BCUT2D eigenvalue weighted by Crippen LogP contribution is -2.37. The van der Waals surface area contributed by atoms with Crippen molar-refractivity contribution < 1.29 is 4.79 Å². The number of urea groups is 1. The Bertz CT molecular complexity index is 629. The van der Waals surface area contributed by atoms with Gasteiger partial charge in [-0.3, -0.25) is 0 Å². The highest BCUT2D eigenvalue weighted by molar-refractivity contribution is 7.10. The molecule has 0 bridgehead atoms. The summed E-state index contributed by atoms with van der Waals surface area (Å²) in [4.78, 5) is 16.0. The van der Waals surface area contributed by atoms with Crippen molar-refractivity contribution >= 4 is 34.7 Å². The van der Waals surface area contributed by atoms with E-state index in [1.807, 2.05) is 23.1 Å². The largest absolute Gasteiger partial charge is 0.322 e. The van der Waals surface area contributed by atoms with Gasteiger partial charge in [-0.25, -0.2) is 4.79 Å². The summed E-state index contributed by atoms with van der Waals surface area (Å²) in [5.41, 5.74) is 0.670. The SMILES string of the molecule is O=C(Nc1ccccc1Cl)N1CCCCCC1c1cccs1. The molecule has 1 N–H and O–H groups in total. The van der Waals surface area contributed by atoms with Crippen molar-refractivity contribution in [1.29, 1.82) is 0 Å². The van der Waals surface area contributed by atoms with Gasteiger partial charge < -0.3 is 10.2 Å². The van der Waals surface area contributed by atoms with Crippen LogP contribution in [-0.2, 0) is 0 Å². The fourth-order valence-electron chi connectivity index (χ4n) is 2.88. The van der Waals surface area contributed by atoms with Crippen LogP contribution in [0.5, 0.6) is 0 Å². The number of para-hydroxylation sites is 1. The number of carbonyl (C=O) groups is 1. The summed E-state index contributed by atoms with van der Waals surface area (Å²) < 4.78 is 0. The van der Waals surface area contributed by atoms with E-state index in [1.54, 1.807) is 17.4 Å². The van der Waals surface area contributed by atoms with Crippen LogP contribution in [0.4, 0.5) is 10.5 Å². The highest BCUT2D eigenvalue weighted by Gasteiger charge is 2.27. The normalized spacial score (nSPS) is 18.8. The predicted molar refractivity (Wildman–Crippen MR) is 92.7 cm³/mol. The van der Waals surface area contributed by atoms with Gasteiger partial charge in [0.05, 0.1) is 16.8 Å². The van der Waals surface area contributed by atoms with E-state index in [9.17, 15) is 4.79 Å². The number of halogens is 1. The number of likely N-dealkylation sites (tertiary alicyclic amines) is 1. The maximum absolute atomic E-state index is 12.7. The first-order valence-corrected chi connectivity index (χ1v) is 8.87. The molecule has 2 aromatic rings. The summed E-state index contributed by atoms with van der Waals surface area (Å²) in [6.07, 6.45) is 4.42. The third-order valence-electron chi connectivity index (χ3n) is 4.00. The second kappa shape index (κ2) is 7.16. The molecular weight excluding hydrogens is 316 g/mol. The molecule has 1 aromatic carbocycles. The number of anilines is 1.